The molecule has 108 valence electrons. The summed E-state index contributed by atoms with van der Waals surface area (Å²) in [6.45, 7) is 8.88. The van der Waals surface area contributed by atoms with Crippen LogP contribution in [-0.2, 0) is 0 Å². The van der Waals surface area contributed by atoms with Crippen molar-refractivity contribution in [1.29, 1.82) is 0 Å². The maximum absolute atomic E-state index is 5.98. The molecule has 1 aromatic carbocycles. The molecule has 20 heavy (non-hydrogen) atoms. The molecule has 1 N–H and O–H groups in total. The van der Waals surface area contributed by atoms with E-state index in [1.54, 1.807) is 0 Å². The monoisotopic (exact) mass is 307 g/mol. The molecular weight excluding hydrogens is 286 g/mol. The Hall–Kier alpha value is -0.830. The molecule has 0 amide bonds. The molecule has 0 fully saturated rings. The molecule has 0 spiro atoms. The molecule has 0 radical (unpaired) electrons. The van der Waals surface area contributed by atoms with Crippen LogP contribution in [0.25, 0.3) is 0 Å². The van der Waals surface area contributed by atoms with E-state index in [1.165, 1.54) is 15.3 Å². The van der Waals surface area contributed by atoms with E-state index in [2.05, 4.69) is 57.3 Å². The van der Waals surface area contributed by atoms with Gasteiger partial charge in [0.25, 0.3) is 0 Å². The Kier molecular flexibility index (Phi) is 5.25. The SMILES string of the molecule is Cc1ccc(C(C)NC(c2ccc(Cl)cc2)C(C)C)s1. The van der Waals surface area contributed by atoms with Crippen LogP contribution in [0, 0.1) is 12.8 Å². The zero-order valence-electron chi connectivity index (χ0n) is 12.5. The minimum absolute atomic E-state index is 0.338. The summed E-state index contributed by atoms with van der Waals surface area (Å²) in [6.07, 6.45) is 0. The van der Waals surface area contributed by atoms with Gasteiger partial charge in [-0.05, 0) is 49.6 Å². The maximum Gasteiger partial charge on any atom is 0.0406 e. The largest absolute Gasteiger partial charge is 0.302 e. The zero-order chi connectivity index (χ0) is 14.7. The first-order valence-corrected chi connectivity index (χ1v) is 8.24. The Bertz CT molecular complexity index is 544. The quantitative estimate of drug-likeness (QED) is 0.740. The molecule has 2 atom stereocenters. The van der Waals surface area contributed by atoms with Crippen LogP contribution in [0.3, 0.4) is 0 Å². The molecule has 1 nitrogen and oxygen atoms in total. The van der Waals surface area contributed by atoms with Crippen LogP contribution in [0.5, 0.6) is 0 Å². The molecule has 2 aromatic rings. The van der Waals surface area contributed by atoms with Gasteiger partial charge in [0, 0.05) is 26.9 Å². The number of thiophene rings is 1. The van der Waals surface area contributed by atoms with E-state index in [0.29, 0.717) is 18.0 Å². The van der Waals surface area contributed by atoms with Gasteiger partial charge in [-0.25, -0.2) is 0 Å². The Balaban J connectivity index is 2.15. The van der Waals surface area contributed by atoms with Crippen molar-refractivity contribution in [2.75, 3.05) is 0 Å². The molecule has 1 heterocycles. The number of nitrogens with one attached hydrogen (secondary N) is 1. The predicted molar refractivity (Wildman–Crippen MR) is 89.6 cm³/mol. The van der Waals surface area contributed by atoms with Crippen LogP contribution in [0.15, 0.2) is 36.4 Å². The fraction of sp³-hybridized carbons (Fsp3) is 0.412. The summed E-state index contributed by atoms with van der Waals surface area (Å²) in [5.74, 6) is 0.527. The Morgan fingerprint density at radius 1 is 1.00 bits per heavy atom. The van der Waals surface area contributed by atoms with Crippen LogP contribution >= 0.6 is 22.9 Å². The average molecular weight is 308 g/mol. The van der Waals surface area contributed by atoms with Crippen LogP contribution in [0.4, 0.5) is 0 Å². The lowest BCUT2D eigenvalue weighted by atomic mass is 9.95. The van der Waals surface area contributed by atoms with Gasteiger partial charge in [0.2, 0.25) is 0 Å². The fourth-order valence-electron chi connectivity index (χ4n) is 2.38. The summed E-state index contributed by atoms with van der Waals surface area (Å²) in [5, 5.41) is 4.54. The normalized spacial score (nSPS) is 14.5. The van der Waals surface area contributed by atoms with Crippen molar-refractivity contribution in [3.63, 3.8) is 0 Å². The van der Waals surface area contributed by atoms with Crippen molar-refractivity contribution >= 4 is 22.9 Å². The number of halogens is 1. The van der Waals surface area contributed by atoms with E-state index in [0.717, 1.165) is 5.02 Å². The number of benzene rings is 1. The molecule has 0 aliphatic carbocycles. The van der Waals surface area contributed by atoms with Crippen LogP contribution in [-0.4, -0.2) is 0 Å². The topological polar surface area (TPSA) is 12.0 Å². The van der Waals surface area contributed by atoms with E-state index in [1.807, 2.05) is 23.5 Å². The van der Waals surface area contributed by atoms with E-state index >= 15 is 0 Å². The molecule has 0 saturated carbocycles. The number of aryl methyl sites for hydroxylation is 1. The van der Waals surface area contributed by atoms with E-state index in [9.17, 15) is 0 Å². The summed E-state index contributed by atoms with van der Waals surface area (Å²) < 4.78 is 0. The fourth-order valence-corrected chi connectivity index (χ4v) is 3.40. The van der Waals surface area contributed by atoms with Gasteiger partial charge in [-0.15, -0.1) is 11.3 Å². The van der Waals surface area contributed by atoms with Crippen molar-refractivity contribution in [2.45, 2.75) is 39.8 Å². The molecule has 2 rings (SSSR count). The third-order valence-corrected chi connectivity index (χ3v) is 4.95. The Morgan fingerprint density at radius 2 is 1.65 bits per heavy atom. The molecule has 0 bridgehead atoms. The van der Waals surface area contributed by atoms with Crippen molar-refractivity contribution in [2.24, 2.45) is 5.92 Å². The molecule has 3 heteroatoms. The van der Waals surface area contributed by atoms with Crippen molar-refractivity contribution < 1.29 is 0 Å². The standard InChI is InChI=1S/C17H22ClNS/c1-11(2)17(14-6-8-15(18)9-7-14)19-13(4)16-10-5-12(3)20-16/h5-11,13,17,19H,1-4H3. The summed E-state index contributed by atoms with van der Waals surface area (Å²) >= 11 is 7.85. The number of hydrogen-bond donors (Lipinski definition) is 1. The first-order chi connectivity index (χ1) is 9.47. The first kappa shape index (κ1) is 15.6. The highest BCUT2D eigenvalue weighted by atomic mass is 35.5. The lowest BCUT2D eigenvalue weighted by Gasteiger charge is -2.26. The average Bonchev–Trinajstić information content (AvgIpc) is 2.83. The van der Waals surface area contributed by atoms with Crippen molar-refractivity contribution in [3.8, 4) is 0 Å². The molecule has 0 saturated heterocycles. The highest BCUT2D eigenvalue weighted by molar-refractivity contribution is 7.12. The summed E-state index contributed by atoms with van der Waals surface area (Å²) in [5.41, 5.74) is 1.30. The number of rotatable bonds is 5. The second-order valence-electron chi connectivity index (χ2n) is 5.61. The highest BCUT2D eigenvalue weighted by Crippen LogP contribution is 2.29. The molecule has 1 aromatic heterocycles. The second kappa shape index (κ2) is 6.75. The smallest absolute Gasteiger partial charge is 0.0406 e. The lowest BCUT2D eigenvalue weighted by Crippen LogP contribution is -2.28. The van der Waals surface area contributed by atoms with Gasteiger partial charge in [-0.3, -0.25) is 0 Å². The lowest BCUT2D eigenvalue weighted by molar-refractivity contribution is 0.377. The molecular formula is C17H22ClNS. The van der Waals surface area contributed by atoms with Crippen molar-refractivity contribution in [3.05, 3.63) is 56.7 Å². The van der Waals surface area contributed by atoms with Gasteiger partial charge in [-0.1, -0.05) is 37.6 Å². The van der Waals surface area contributed by atoms with Crippen LogP contribution in [0.2, 0.25) is 5.02 Å². The van der Waals surface area contributed by atoms with Gasteiger partial charge >= 0.3 is 0 Å². The van der Waals surface area contributed by atoms with Crippen LogP contribution in [0.1, 0.15) is 48.2 Å². The summed E-state index contributed by atoms with van der Waals surface area (Å²) in [4.78, 5) is 2.75. The summed E-state index contributed by atoms with van der Waals surface area (Å²) in [6, 6.07) is 13.3. The third kappa shape index (κ3) is 3.85. The first-order valence-electron chi connectivity index (χ1n) is 7.05. The Labute approximate surface area is 131 Å². The molecule has 0 aliphatic heterocycles. The van der Waals surface area contributed by atoms with Crippen molar-refractivity contribution in [1.82, 2.24) is 5.32 Å². The van der Waals surface area contributed by atoms with E-state index < -0.39 is 0 Å². The van der Waals surface area contributed by atoms with Gasteiger partial charge in [0.05, 0.1) is 0 Å². The van der Waals surface area contributed by atoms with Gasteiger partial charge in [-0.2, -0.15) is 0 Å². The second-order valence-corrected chi connectivity index (χ2v) is 7.37. The summed E-state index contributed by atoms with van der Waals surface area (Å²) in [7, 11) is 0. The maximum atomic E-state index is 5.98. The minimum atomic E-state index is 0.338. The third-order valence-electron chi connectivity index (χ3n) is 3.51. The molecule has 2 unspecified atom stereocenters. The predicted octanol–water partition coefficient (Wildman–Crippen LogP) is 5.76. The highest BCUT2D eigenvalue weighted by Gasteiger charge is 2.19. The minimum Gasteiger partial charge on any atom is -0.302 e. The number of hydrogen-bond acceptors (Lipinski definition) is 2. The van der Waals surface area contributed by atoms with Crippen LogP contribution < -0.4 is 5.32 Å². The van der Waals surface area contributed by atoms with E-state index in [-0.39, 0.29) is 0 Å². The Morgan fingerprint density at radius 3 is 2.15 bits per heavy atom. The van der Waals surface area contributed by atoms with Gasteiger partial charge in [0.1, 0.15) is 0 Å². The zero-order valence-corrected chi connectivity index (χ0v) is 14.1. The van der Waals surface area contributed by atoms with E-state index in [4.69, 9.17) is 11.6 Å². The van der Waals surface area contributed by atoms with Gasteiger partial charge in [0.15, 0.2) is 0 Å². The molecule has 0 aliphatic rings. The van der Waals surface area contributed by atoms with Gasteiger partial charge < -0.3 is 5.32 Å².